The van der Waals surface area contributed by atoms with E-state index in [9.17, 15) is 14.4 Å². The Morgan fingerprint density at radius 3 is 2.71 bits per heavy atom. The predicted molar refractivity (Wildman–Crippen MR) is 54.2 cm³/mol. The molecule has 1 aromatic rings. The molecule has 3 N–H and O–H groups in total. The van der Waals surface area contributed by atoms with E-state index in [0.29, 0.717) is 6.54 Å². The average molecular weight is 241 g/mol. The van der Waals surface area contributed by atoms with Crippen LogP contribution in [0.3, 0.4) is 0 Å². The van der Waals surface area contributed by atoms with Gasteiger partial charge in [-0.3, -0.25) is 10.1 Å². The summed E-state index contributed by atoms with van der Waals surface area (Å²) in [5.41, 5.74) is -0.268. The number of imide groups is 1. The molecule has 0 saturated carbocycles. The number of carboxylic acid groups (broad SMARTS) is 1. The maximum Gasteiger partial charge on any atom is 0.358 e. The zero-order valence-corrected chi connectivity index (χ0v) is 9.01. The number of hydrogen-bond acceptors (Lipinski definition) is 5. The molecule has 1 heterocycles. The van der Waals surface area contributed by atoms with E-state index in [1.54, 1.807) is 6.92 Å². The first-order chi connectivity index (χ1) is 8.02. The van der Waals surface area contributed by atoms with Crippen LogP contribution in [-0.4, -0.2) is 44.6 Å². The topological polar surface area (TPSA) is 126 Å². The van der Waals surface area contributed by atoms with Crippen molar-refractivity contribution in [3.05, 3.63) is 11.9 Å². The second kappa shape index (κ2) is 5.58. The maximum absolute atomic E-state index is 11.3. The summed E-state index contributed by atoms with van der Waals surface area (Å²) < 4.78 is 1.03. The molecule has 0 atom stereocenters. The Balaban J connectivity index is 2.50. The van der Waals surface area contributed by atoms with Crippen LogP contribution in [0.15, 0.2) is 6.20 Å². The Kier molecular flexibility index (Phi) is 4.14. The van der Waals surface area contributed by atoms with Crippen LogP contribution < -0.4 is 10.6 Å². The smallest absolute Gasteiger partial charge is 0.358 e. The van der Waals surface area contributed by atoms with E-state index < -0.39 is 17.9 Å². The van der Waals surface area contributed by atoms with Crippen molar-refractivity contribution >= 4 is 17.9 Å². The number of aromatic nitrogens is 3. The summed E-state index contributed by atoms with van der Waals surface area (Å²) in [6, 6.07) is -0.615. The van der Waals surface area contributed by atoms with E-state index >= 15 is 0 Å². The Bertz CT molecular complexity index is 441. The zero-order valence-electron chi connectivity index (χ0n) is 9.01. The highest BCUT2D eigenvalue weighted by atomic mass is 16.4. The molecule has 0 aliphatic rings. The number of hydrogen-bond donors (Lipinski definition) is 3. The molecule has 9 nitrogen and oxygen atoms in total. The number of nitrogens with zero attached hydrogens (tertiary/aromatic N) is 3. The lowest BCUT2D eigenvalue weighted by molar-refractivity contribution is -0.120. The average Bonchev–Trinajstić information content (AvgIpc) is 2.66. The van der Waals surface area contributed by atoms with Crippen molar-refractivity contribution in [2.24, 2.45) is 0 Å². The fourth-order valence-corrected chi connectivity index (χ4v) is 0.992. The van der Waals surface area contributed by atoms with E-state index in [-0.39, 0.29) is 12.2 Å². The fourth-order valence-electron chi connectivity index (χ4n) is 0.992. The summed E-state index contributed by atoms with van der Waals surface area (Å²) in [6.07, 6.45) is 1.10. The summed E-state index contributed by atoms with van der Waals surface area (Å²) in [5.74, 6) is -1.85. The van der Waals surface area contributed by atoms with Crippen LogP contribution in [0.2, 0.25) is 0 Å². The van der Waals surface area contributed by atoms with Crippen LogP contribution in [0.4, 0.5) is 4.79 Å². The number of urea groups is 1. The molecule has 92 valence electrons. The number of carboxylic acids is 1. The van der Waals surface area contributed by atoms with Crippen LogP contribution in [0.1, 0.15) is 17.4 Å². The summed E-state index contributed by atoms with van der Waals surface area (Å²) in [6.45, 7) is 1.82. The van der Waals surface area contributed by atoms with Gasteiger partial charge in [0.1, 0.15) is 6.54 Å². The van der Waals surface area contributed by atoms with Gasteiger partial charge in [0, 0.05) is 6.54 Å². The lowest BCUT2D eigenvalue weighted by atomic mass is 10.5. The van der Waals surface area contributed by atoms with Gasteiger partial charge in [-0.2, -0.15) is 0 Å². The quantitative estimate of drug-likeness (QED) is 0.609. The van der Waals surface area contributed by atoms with Gasteiger partial charge in [-0.25, -0.2) is 14.3 Å². The van der Waals surface area contributed by atoms with E-state index in [1.807, 2.05) is 5.32 Å². The molecule has 0 aliphatic carbocycles. The standard InChI is InChI=1S/C8H11N5O4/c1-2-9-8(17)10-6(14)4-13-3-5(7(15)16)11-12-13/h3H,2,4H2,1H3,(H,15,16)(H2,9,10,14,17). The highest BCUT2D eigenvalue weighted by Crippen LogP contribution is 1.92. The van der Waals surface area contributed by atoms with Gasteiger partial charge in [0.05, 0.1) is 6.20 Å². The Hall–Kier alpha value is -2.45. The Morgan fingerprint density at radius 1 is 1.47 bits per heavy atom. The first kappa shape index (κ1) is 12.6. The van der Waals surface area contributed by atoms with Crippen molar-refractivity contribution in [3.8, 4) is 0 Å². The zero-order chi connectivity index (χ0) is 12.8. The van der Waals surface area contributed by atoms with Crippen molar-refractivity contribution in [1.29, 1.82) is 0 Å². The first-order valence-electron chi connectivity index (χ1n) is 4.74. The predicted octanol–water partition coefficient (Wildman–Crippen LogP) is -1.18. The highest BCUT2D eigenvalue weighted by molar-refractivity contribution is 5.94. The van der Waals surface area contributed by atoms with Crippen LogP contribution in [0.5, 0.6) is 0 Å². The number of amides is 3. The Morgan fingerprint density at radius 2 is 2.18 bits per heavy atom. The van der Waals surface area contributed by atoms with Crippen molar-refractivity contribution in [1.82, 2.24) is 25.6 Å². The number of carbonyl (C=O) groups is 3. The van der Waals surface area contributed by atoms with Crippen LogP contribution in [0.25, 0.3) is 0 Å². The fraction of sp³-hybridized carbons (Fsp3) is 0.375. The SMILES string of the molecule is CCNC(=O)NC(=O)Cn1cc(C(=O)O)nn1. The summed E-state index contributed by atoms with van der Waals surface area (Å²) in [4.78, 5) is 32.7. The molecule has 0 spiro atoms. The first-order valence-corrected chi connectivity index (χ1v) is 4.74. The van der Waals surface area contributed by atoms with Crippen LogP contribution in [-0.2, 0) is 11.3 Å². The number of aromatic carboxylic acids is 1. The lowest BCUT2D eigenvalue weighted by Gasteiger charge is -2.03. The van der Waals surface area contributed by atoms with E-state index in [2.05, 4.69) is 15.6 Å². The normalized spacial score (nSPS) is 9.71. The third-order valence-corrected chi connectivity index (χ3v) is 1.65. The van der Waals surface area contributed by atoms with Gasteiger partial charge in [0.2, 0.25) is 5.91 Å². The van der Waals surface area contributed by atoms with Gasteiger partial charge in [-0.1, -0.05) is 5.21 Å². The van der Waals surface area contributed by atoms with Gasteiger partial charge in [0.25, 0.3) is 0 Å². The molecule has 0 unspecified atom stereocenters. The monoisotopic (exact) mass is 241 g/mol. The number of nitrogens with one attached hydrogen (secondary N) is 2. The van der Waals surface area contributed by atoms with Crippen molar-refractivity contribution < 1.29 is 19.5 Å². The van der Waals surface area contributed by atoms with E-state index in [0.717, 1.165) is 10.9 Å². The third-order valence-electron chi connectivity index (χ3n) is 1.65. The minimum Gasteiger partial charge on any atom is -0.476 e. The van der Waals surface area contributed by atoms with Gasteiger partial charge >= 0.3 is 12.0 Å². The summed E-state index contributed by atoms with van der Waals surface area (Å²) in [5, 5.41) is 19.7. The third kappa shape index (κ3) is 3.89. The molecule has 0 aromatic carbocycles. The van der Waals surface area contributed by atoms with Crippen LogP contribution >= 0.6 is 0 Å². The molecule has 0 bridgehead atoms. The molecule has 9 heteroatoms. The molecule has 0 aliphatic heterocycles. The molecule has 1 rings (SSSR count). The molecule has 3 amide bonds. The van der Waals surface area contributed by atoms with E-state index in [4.69, 9.17) is 5.11 Å². The van der Waals surface area contributed by atoms with Crippen molar-refractivity contribution in [3.63, 3.8) is 0 Å². The van der Waals surface area contributed by atoms with Crippen molar-refractivity contribution in [2.75, 3.05) is 6.54 Å². The van der Waals surface area contributed by atoms with Crippen molar-refractivity contribution in [2.45, 2.75) is 13.5 Å². The maximum atomic E-state index is 11.3. The molecule has 0 saturated heterocycles. The molecule has 0 fully saturated rings. The van der Waals surface area contributed by atoms with Gasteiger partial charge < -0.3 is 10.4 Å². The molecule has 17 heavy (non-hydrogen) atoms. The molecule has 0 radical (unpaired) electrons. The van der Waals surface area contributed by atoms with Gasteiger partial charge in [-0.05, 0) is 6.92 Å². The second-order valence-corrected chi connectivity index (χ2v) is 3.01. The number of rotatable bonds is 4. The Labute approximate surface area is 95.8 Å². The van der Waals surface area contributed by atoms with Gasteiger partial charge in [-0.15, -0.1) is 5.10 Å². The largest absolute Gasteiger partial charge is 0.476 e. The number of carbonyl (C=O) groups excluding carboxylic acids is 2. The highest BCUT2D eigenvalue weighted by Gasteiger charge is 2.11. The van der Waals surface area contributed by atoms with Gasteiger partial charge in [0.15, 0.2) is 5.69 Å². The minimum absolute atomic E-state index is 0.268. The minimum atomic E-state index is -1.24. The summed E-state index contributed by atoms with van der Waals surface area (Å²) >= 11 is 0. The van der Waals surface area contributed by atoms with Crippen LogP contribution in [0, 0.1) is 0 Å². The molecular weight excluding hydrogens is 230 g/mol. The molecule has 1 aromatic heterocycles. The lowest BCUT2D eigenvalue weighted by Crippen LogP contribution is -2.40. The molecular formula is C8H11N5O4. The second-order valence-electron chi connectivity index (χ2n) is 3.01. The van der Waals surface area contributed by atoms with E-state index in [1.165, 1.54) is 0 Å². The summed E-state index contributed by atoms with van der Waals surface area (Å²) in [7, 11) is 0.